The summed E-state index contributed by atoms with van der Waals surface area (Å²) in [7, 11) is 4.02. The minimum Gasteiger partial charge on any atom is -0.367 e. The van der Waals surface area contributed by atoms with Gasteiger partial charge in [-0.25, -0.2) is 4.98 Å². The summed E-state index contributed by atoms with van der Waals surface area (Å²) in [5, 5.41) is 2.88. The maximum atomic E-state index is 12.9. The van der Waals surface area contributed by atoms with E-state index >= 15 is 0 Å². The van der Waals surface area contributed by atoms with Gasteiger partial charge in [-0.1, -0.05) is 18.2 Å². The first kappa shape index (κ1) is 17.9. The predicted molar refractivity (Wildman–Crippen MR) is 103 cm³/mol. The molecular formula is C19H26N4OS. The van der Waals surface area contributed by atoms with Gasteiger partial charge in [0.2, 0.25) is 0 Å². The van der Waals surface area contributed by atoms with Crippen molar-refractivity contribution in [2.75, 3.05) is 38.6 Å². The van der Waals surface area contributed by atoms with Crippen molar-refractivity contribution >= 4 is 22.9 Å². The molecule has 0 N–H and O–H groups in total. The smallest absolute Gasteiger partial charge is 0.273 e. The van der Waals surface area contributed by atoms with Crippen molar-refractivity contribution in [2.24, 2.45) is 0 Å². The van der Waals surface area contributed by atoms with Crippen molar-refractivity contribution in [3.63, 3.8) is 0 Å². The fourth-order valence-electron chi connectivity index (χ4n) is 3.30. The molecule has 3 rings (SSSR count). The summed E-state index contributed by atoms with van der Waals surface area (Å²) >= 11 is 1.56. The summed E-state index contributed by atoms with van der Waals surface area (Å²) in [6, 6.07) is 8.61. The molecule has 1 saturated heterocycles. The highest BCUT2D eigenvalue weighted by Gasteiger charge is 2.29. The lowest BCUT2D eigenvalue weighted by Crippen LogP contribution is -2.54. The third-order valence-electron chi connectivity index (χ3n) is 4.57. The molecular weight excluding hydrogens is 332 g/mol. The van der Waals surface area contributed by atoms with E-state index in [1.165, 1.54) is 11.3 Å². The van der Waals surface area contributed by atoms with Gasteiger partial charge in [0.25, 0.3) is 5.91 Å². The van der Waals surface area contributed by atoms with Crippen molar-refractivity contribution < 1.29 is 4.79 Å². The number of carbonyl (C=O) groups is 1. The largest absolute Gasteiger partial charge is 0.367 e. The number of aromatic nitrogens is 1. The van der Waals surface area contributed by atoms with Crippen LogP contribution >= 0.6 is 11.3 Å². The Bertz CT molecular complexity index is 743. The zero-order valence-corrected chi connectivity index (χ0v) is 16.2. The quantitative estimate of drug-likeness (QED) is 0.843. The standard InChI is InChI=1S/C19H26N4OS/c1-14-7-5-6-8-17(14)22-9-10-23(15(2)11-22)19(24)16-13-25-18(20-16)12-21(3)4/h5-8,13,15H,9-12H2,1-4H3/t15-/m0/s1. The van der Waals surface area contributed by atoms with Crippen molar-refractivity contribution in [2.45, 2.75) is 26.4 Å². The molecule has 1 aromatic carbocycles. The lowest BCUT2D eigenvalue weighted by molar-refractivity contribution is 0.0668. The van der Waals surface area contributed by atoms with Gasteiger partial charge in [0.15, 0.2) is 0 Å². The lowest BCUT2D eigenvalue weighted by atomic mass is 10.1. The van der Waals surface area contributed by atoms with Gasteiger partial charge < -0.3 is 14.7 Å². The zero-order chi connectivity index (χ0) is 18.0. The van der Waals surface area contributed by atoms with E-state index in [1.54, 1.807) is 11.3 Å². The van der Waals surface area contributed by atoms with E-state index in [4.69, 9.17) is 0 Å². The Labute approximate surface area is 153 Å². The molecule has 25 heavy (non-hydrogen) atoms. The second-order valence-corrected chi connectivity index (χ2v) is 7.89. The summed E-state index contributed by atoms with van der Waals surface area (Å²) in [5.74, 6) is 0.0539. The summed E-state index contributed by atoms with van der Waals surface area (Å²) in [5.41, 5.74) is 3.13. The molecule has 0 radical (unpaired) electrons. The van der Waals surface area contributed by atoms with Crippen LogP contribution in [0.1, 0.15) is 28.0 Å². The molecule has 0 saturated carbocycles. The first-order valence-electron chi connectivity index (χ1n) is 8.66. The normalized spacial score (nSPS) is 18.0. The van der Waals surface area contributed by atoms with E-state index in [9.17, 15) is 4.79 Å². The number of carbonyl (C=O) groups excluding carboxylic acids is 1. The van der Waals surface area contributed by atoms with Crippen LogP contribution in [-0.4, -0.2) is 60.5 Å². The van der Waals surface area contributed by atoms with Gasteiger partial charge in [0, 0.05) is 43.3 Å². The Morgan fingerprint density at radius 1 is 1.32 bits per heavy atom. The highest BCUT2D eigenvalue weighted by atomic mass is 32.1. The summed E-state index contributed by atoms with van der Waals surface area (Å²) in [6.45, 7) is 7.47. The molecule has 1 aliphatic rings. The molecule has 1 aromatic heterocycles. The van der Waals surface area contributed by atoms with Gasteiger partial charge in [-0.2, -0.15) is 0 Å². The summed E-state index contributed by atoms with van der Waals surface area (Å²) in [6.07, 6.45) is 0. The van der Waals surface area contributed by atoms with Crippen LogP contribution in [-0.2, 0) is 6.54 Å². The number of para-hydroxylation sites is 1. The Balaban J connectivity index is 1.68. The van der Waals surface area contributed by atoms with Crippen LogP contribution in [0.2, 0.25) is 0 Å². The fraction of sp³-hybridized carbons (Fsp3) is 0.474. The number of hydrogen-bond acceptors (Lipinski definition) is 5. The molecule has 0 spiro atoms. The molecule has 134 valence electrons. The van der Waals surface area contributed by atoms with Gasteiger partial charge in [-0.05, 0) is 39.6 Å². The van der Waals surface area contributed by atoms with E-state index in [0.29, 0.717) is 5.69 Å². The average molecular weight is 359 g/mol. The SMILES string of the molecule is Cc1ccccc1N1CCN(C(=O)c2csc(CN(C)C)n2)[C@@H](C)C1. The van der Waals surface area contributed by atoms with E-state index in [1.807, 2.05) is 24.4 Å². The van der Waals surface area contributed by atoms with Gasteiger partial charge in [-0.3, -0.25) is 4.79 Å². The maximum absolute atomic E-state index is 12.9. The molecule has 6 heteroatoms. The van der Waals surface area contributed by atoms with Crippen molar-refractivity contribution in [3.05, 3.63) is 45.9 Å². The molecule has 1 aliphatic heterocycles. The van der Waals surface area contributed by atoms with Crippen molar-refractivity contribution in [1.82, 2.24) is 14.8 Å². The maximum Gasteiger partial charge on any atom is 0.273 e. The van der Waals surface area contributed by atoms with Gasteiger partial charge in [-0.15, -0.1) is 11.3 Å². The molecule has 5 nitrogen and oxygen atoms in total. The van der Waals surface area contributed by atoms with Crippen LogP contribution < -0.4 is 4.90 Å². The first-order chi connectivity index (χ1) is 12.0. The van der Waals surface area contributed by atoms with Gasteiger partial charge >= 0.3 is 0 Å². The third kappa shape index (κ3) is 4.02. The minimum atomic E-state index is 0.0539. The highest BCUT2D eigenvalue weighted by Crippen LogP contribution is 2.24. The average Bonchev–Trinajstić information content (AvgIpc) is 3.02. The van der Waals surface area contributed by atoms with Gasteiger partial charge in [0.05, 0.1) is 0 Å². The van der Waals surface area contributed by atoms with Crippen LogP contribution in [0.4, 0.5) is 5.69 Å². The number of benzene rings is 1. The molecule has 0 bridgehead atoms. The third-order valence-corrected chi connectivity index (χ3v) is 5.40. The van der Waals surface area contributed by atoms with Crippen molar-refractivity contribution in [1.29, 1.82) is 0 Å². The predicted octanol–water partition coefficient (Wildman–Crippen LogP) is 2.86. The van der Waals surface area contributed by atoms with E-state index in [-0.39, 0.29) is 11.9 Å². The Kier molecular flexibility index (Phi) is 5.39. The second-order valence-electron chi connectivity index (χ2n) is 6.94. The molecule has 1 atom stereocenters. The topological polar surface area (TPSA) is 39.7 Å². The molecule has 2 heterocycles. The Morgan fingerprint density at radius 2 is 2.08 bits per heavy atom. The number of anilines is 1. The fourth-order valence-corrected chi connectivity index (χ4v) is 4.18. The Morgan fingerprint density at radius 3 is 2.76 bits per heavy atom. The van der Waals surface area contributed by atoms with Crippen LogP contribution in [0.5, 0.6) is 0 Å². The number of nitrogens with zero attached hydrogens (tertiary/aromatic N) is 4. The highest BCUT2D eigenvalue weighted by molar-refractivity contribution is 7.09. The van der Waals surface area contributed by atoms with E-state index in [2.05, 4.69) is 52.9 Å². The van der Waals surface area contributed by atoms with E-state index < -0.39 is 0 Å². The molecule has 0 unspecified atom stereocenters. The van der Waals surface area contributed by atoms with Crippen molar-refractivity contribution in [3.8, 4) is 0 Å². The van der Waals surface area contributed by atoms with Crippen LogP contribution in [0, 0.1) is 6.92 Å². The minimum absolute atomic E-state index is 0.0539. The number of thiazole rings is 1. The van der Waals surface area contributed by atoms with Crippen LogP contribution in [0.15, 0.2) is 29.6 Å². The molecule has 0 aliphatic carbocycles. The number of hydrogen-bond donors (Lipinski definition) is 0. The molecule has 1 fully saturated rings. The molecule has 2 aromatic rings. The van der Waals surface area contributed by atoms with Crippen LogP contribution in [0.25, 0.3) is 0 Å². The first-order valence-corrected chi connectivity index (χ1v) is 9.54. The zero-order valence-electron chi connectivity index (χ0n) is 15.4. The van der Waals surface area contributed by atoms with E-state index in [0.717, 1.165) is 31.2 Å². The number of aryl methyl sites for hydroxylation is 1. The van der Waals surface area contributed by atoms with Crippen LogP contribution in [0.3, 0.4) is 0 Å². The summed E-state index contributed by atoms with van der Waals surface area (Å²) < 4.78 is 0. The number of amides is 1. The van der Waals surface area contributed by atoms with Gasteiger partial charge in [0.1, 0.15) is 10.7 Å². The number of rotatable bonds is 4. The number of piperazine rings is 1. The Hall–Kier alpha value is -1.92. The lowest BCUT2D eigenvalue weighted by Gasteiger charge is -2.41. The second kappa shape index (κ2) is 7.54. The summed E-state index contributed by atoms with van der Waals surface area (Å²) in [4.78, 5) is 23.8. The molecule has 1 amide bonds. The monoisotopic (exact) mass is 358 g/mol.